The van der Waals surface area contributed by atoms with Crippen molar-refractivity contribution in [3.8, 4) is 0 Å². The van der Waals surface area contributed by atoms with Crippen molar-refractivity contribution in [1.29, 1.82) is 0 Å². The summed E-state index contributed by atoms with van der Waals surface area (Å²) >= 11 is 0. The number of rotatable bonds is 7. The molecule has 2 atom stereocenters. The molecule has 0 bridgehead atoms. The number of ketones is 1. The molecule has 0 aliphatic carbocycles. The van der Waals surface area contributed by atoms with E-state index in [0.29, 0.717) is 12.2 Å². The van der Waals surface area contributed by atoms with Gasteiger partial charge in [0.05, 0.1) is 5.25 Å². The largest absolute Gasteiger partial charge is 0.298 e. The molecule has 0 N–H and O–H groups in total. The molecule has 0 aromatic rings. The number of hydrogen-bond acceptors (Lipinski definition) is 2. The van der Waals surface area contributed by atoms with Crippen molar-refractivity contribution in [2.24, 2.45) is 0 Å². The van der Waals surface area contributed by atoms with Gasteiger partial charge in [0.1, 0.15) is 5.78 Å². The zero-order valence-electron chi connectivity index (χ0n) is 8.84. The zero-order valence-corrected chi connectivity index (χ0v) is 9.65. The second-order valence-electron chi connectivity index (χ2n) is 3.25. The second kappa shape index (κ2) is 7.25. The Morgan fingerprint density at radius 1 is 1.31 bits per heavy atom. The first-order valence-electron chi connectivity index (χ1n) is 5.03. The summed E-state index contributed by atoms with van der Waals surface area (Å²) in [7, 11) is -0.946. The Hall–Kier alpha value is -0.180. The first kappa shape index (κ1) is 12.8. The molecular formula is C10H20O2S. The van der Waals surface area contributed by atoms with Gasteiger partial charge >= 0.3 is 0 Å². The number of hydrogen-bond donors (Lipinski definition) is 0. The smallest absolute Gasteiger partial charge is 0.147 e. The van der Waals surface area contributed by atoms with Gasteiger partial charge in [0.2, 0.25) is 0 Å². The molecule has 0 radical (unpaired) electrons. The monoisotopic (exact) mass is 204 g/mol. The molecule has 0 saturated heterocycles. The van der Waals surface area contributed by atoms with Crippen LogP contribution in [0.15, 0.2) is 0 Å². The standard InChI is InChI=1S/C10H20O2S/c1-4-6-7-8-13(12)9(3)10(11)5-2/h9H,4-8H2,1-3H3. The summed E-state index contributed by atoms with van der Waals surface area (Å²) in [6.45, 7) is 5.71. The fourth-order valence-corrected chi connectivity index (χ4v) is 2.41. The average molecular weight is 204 g/mol. The van der Waals surface area contributed by atoms with Crippen LogP contribution in [0.3, 0.4) is 0 Å². The molecule has 3 heteroatoms. The lowest BCUT2D eigenvalue weighted by molar-refractivity contribution is -0.118. The quantitative estimate of drug-likeness (QED) is 0.596. The number of carbonyl (C=O) groups is 1. The highest BCUT2D eigenvalue weighted by molar-refractivity contribution is 7.86. The molecule has 0 amide bonds. The van der Waals surface area contributed by atoms with Crippen molar-refractivity contribution in [2.75, 3.05) is 5.75 Å². The van der Waals surface area contributed by atoms with Crippen LogP contribution in [-0.4, -0.2) is 21.0 Å². The highest BCUT2D eigenvalue weighted by atomic mass is 32.2. The van der Waals surface area contributed by atoms with Gasteiger partial charge in [0, 0.05) is 23.0 Å². The van der Waals surface area contributed by atoms with E-state index in [1.54, 1.807) is 6.92 Å². The summed E-state index contributed by atoms with van der Waals surface area (Å²) in [6.07, 6.45) is 3.72. The van der Waals surface area contributed by atoms with Crippen LogP contribution >= 0.6 is 0 Å². The summed E-state index contributed by atoms with van der Waals surface area (Å²) in [4.78, 5) is 11.2. The summed E-state index contributed by atoms with van der Waals surface area (Å²) in [5, 5.41) is -0.262. The second-order valence-corrected chi connectivity index (χ2v) is 5.13. The van der Waals surface area contributed by atoms with Crippen molar-refractivity contribution in [3.63, 3.8) is 0 Å². The summed E-state index contributed by atoms with van der Waals surface area (Å²) in [6, 6.07) is 0. The van der Waals surface area contributed by atoms with Gasteiger partial charge in [-0.15, -0.1) is 0 Å². The van der Waals surface area contributed by atoms with Crippen LogP contribution in [0.25, 0.3) is 0 Å². The lowest BCUT2D eigenvalue weighted by Gasteiger charge is -2.08. The van der Waals surface area contributed by atoms with Crippen molar-refractivity contribution >= 4 is 16.6 Å². The Kier molecular flexibility index (Phi) is 7.14. The van der Waals surface area contributed by atoms with Gasteiger partial charge in [-0.25, -0.2) is 0 Å². The molecule has 0 aliphatic rings. The molecule has 13 heavy (non-hydrogen) atoms. The fourth-order valence-electron chi connectivity index (χ4n) is 1.11. The number of Topliss-reactive ketones (excluding diaryl/α,β-unsaturated/α-hetero) is 1. The highest BCUT2D eigenvalue weighted by Crippen LogP contribution is 2.04. The first-order valence-corrected chi connectivity index (χ1v) is 6.41. The molecule has 78 valence electrons. The maximum atomic E-state index is 11.5. The lowest BCUT2D eigenvalue weighted by Crippen LogP contribution is -2.23. The summed E-state index contributed by atoms with van der Waals surface area (Å²) < 4.78 is 11.5. The Labute approximate surface area is 83.6 Å². The van der Waals surface area contributed by atoms with E-state index in [4.69, 9.17) is 0 Å². The number of carbonyl (C=O) groups excluding carboxylic acids is 1. The molecule has 0 aromatic carbocycles. The van der Waals surface area contributed by atoms with E-state index in [1.807, 2.05) is 6.92 Å². The van der Waals surface area contributed by atoms with Crippen molar-refractivity contribution in [3.05, 3.63) is 0 Å². The third-order valence-electron chi connectivity index (χ3n) is 2.15. The SMILES string of the molecule is CCCCCS(=O)C(C)C(=O)CC. The maximum absolute atomic E-state index is 11.5. The molecule has 2 nitrogen and oxygen atoms in total. The van der Waals surface area contributed by atoms with Gasteiger partial charge in [-0.3, -0.25) is 9.00 Å². The predicted molar refractivity (Wildman–Crippen MR) is 57.3 cm³/mol. The molecule has 0 aromatic heterocycles. The van der Waals surface area contributed by atoms with Crippen LogP contribution in [0.4, 0.5) is 0 Å². The molecule has 0 saturated carbocycles. The van der Waals surface area contributed by atoms with Crippen LogP contribution in [0.5, 0.6) is 0 Å². The Morgan fingerprint density at radius 2 is 1.92 bits per heavy atom. The average Bonchev–Trinajstić information content (AvgIpc) is 2.15. The Balaban J connectivity index is 3.76. The van der Waals surface area contributed by atoms with Gasteiger partial charge in [-0.05, 0) is 13.3 Å². The third kappa shape index (κ3) is 5.19. The lowest BCUT2D eigenvalue weighted by atomic mass is 10.2. The zero-order chi connectivity index (χ0) is 10.3. The van der Waals surface area contributed by atoms with E-state index in [1.165, 1.54) is 0 Å². The minimum Gasteiger partial charge on any atom is -0.298 e. The predicted octanol–water partition coefficient (Wildman–Crippen LogP) is 2.29. The Bertz CT molecular complexity index is 178. The first-order chi connectivity index (χ1) is 6.13. The molecule has 0 heterocycles. The molecule has 2 unspecified atom stereocenters. The van der Waals surface area contributed by atoms with E-state index in [9.17, 15) is 9.00 Å². The maximum Gasteiger partial charge on any atom is 0.147 e. The van der Waals surface area contributed by atoms with Gasteiger partial charge < -0.3 is 0 Å². The fraction of sp³-hybridized carbons (Fsp3) is 0.900. The van der Waals surface area contributed by atoms with Gasteiger partial charge in [-0.1, -0.05) is 26.7 Å². The Morgan fingerprint density at radius 3 is 2.38 bits per heavy atom. The van der Waals surface area contributed by atoms with Crippen molar-refractivity contribution < 1.29 is 9.00 Å². The van der Waals surface area contributed by atoms with Crippen LogP contribution in [0, 0.1) is 0 Å². The molecule has 0 aliphatic heterocycles. The van der Waals surface area contributed by atoms with Crippen LogP contribution < -0.4 is 0 Å². The van der Waals surface area contributed by atoms with Crippen LogP contribution in [-0.2, 0) is 15.6 Å². The minimum atomic E-state index is -0.946. The highest BCUT2D eigenvalue weighted by Gasteiger charge is 2.16. The van der Waals surface area contributed by atoms with Crippen molar-refractivity contribution in [1.82, 2.24) is 0 Å². The molecule has 0 rings (SSSR count). The summed E-state index contributed by atoms with van der Waals surface area (Å²) in [5.41, 5.74) is 0. The normalized spacial score (nSPS) is 15.3. The van der Waals surface area contributed by atoms with Gasteiger partial charge in [0.15, 0.2) is 0 Å². The van der Waals surface area contributed by atoms with Gasteiger partial charge in [0.25, 0.3) is 0 Å². The molecular weight excluding hydrogens is 184 g/mol. The van der Waals surface area contributed by atoms with Crippen LogP contribution in [0.1, 0.15) is 46.5 Å². The third-order valence-corrected chi connectivity index (χ3v) is 3.89. The minimum absolute atomic E-state index is 0.120. The van der Waals surface area contributed by atoms with E-state index in [2.05, 4.69) is 6.92 Å². The molecule has 0 spiro atoms. The number of unbranched alkanes of at least 4 members (excludes halogenated alkanes) is 2. The van der Waals surface area contributed by atoms with Gasteiger partial charge in [-0.2, -0.15) is 0 Å². The molecule has 0 fully saturated rings. The van der Waals surface area contributed by atoms with Crippen molar-refractivity contribution in [2.45, 2.75) is 51.7 Å². The summed E-state index contributed by atoms with van der Waals surface area (Å²) in [5.74, 6) is 0.802. The topological polar surface area (TPSA) is 34.1 Å². The van der Waals surface area contributed by atoms with E-state index in [0.717, 1.165) is 19.3 Å². The van der Waals surface area contributed by atoms with E-state index in [-0.39, 0.29) is 11.0 Å². The van der Waals surface area contributed by atoms with Crippen LogP contribution in [0.2, 0.25) is 0 Å². The van der Waals surface area contributed by atoms with E-state index >= 15 is 0 Å². The van der Waals surface area contributed by atoms with E-state index < -0.39 is 10.8 Å².